The van der Waals surface area contributed by atoms with Crippen molar-refractivity contribution in [3.8, 4) is 0 Å². The van der Waals surface area contributed by atoms with Crippen LogP contribution in [0, 0.1) is 0 Å². The molecule has 0 radical (unpaired) electrons. The molecule has 0 saturated carbocycles. The minimum absolute atomic E-state index is 0.0490. The first-order chi connectivity index (χ1) is 7.27. The van der Waals surface area contributed by atoms with E-state index in [1.54, 1.807) is 0 Å². The molecule has 0 N–H and O–H groups in total. The monoisotopic (exact) mass is 271 g/mol. The molecule has 2 nitrogen and oxygen atoms in total. The molecule has 0 aromatic heterocycles. The summed E-state index contributed by atoms with van der Waals surface area (Å²) in [6.07, 6.45) is 0. The number of hydrogen-bond acceptors (Lipinski definition) is 1. The van der Waals surface area contributed by atoms with Crippen LogP contribution in [0.5, 0.6) is 0 Å². The molecule has 0 aliphatic heterocycles. The molecule has 0 spiro atoms. The van der Waals surface area contributed by atoms with Crippen LogP contribution < -0.4 is 0 Å². The van der Waals surface area contributed by atoms with E-state index in [-0.39, 0.29) is 15.0 Å². The van der Waals surface area contributed by atoms with Gasteiger partial charge in [-0.25, -0.2) is 0 Å². The Balaban J connectivity index is 2.40. The zero-order valence-corrected chi connectivity index (χ0v) is 11.0. The van der Waals surface area contributed by atoms with Crippen molar-refractivity contribution in [2.24, 2.45) is 0 Å². The van der Waals surface area contributed by atoms with Crippen LogP contribution in [0.15, 0.2) is 30.3 Å². The van der Waals surface area contributed by atoms with Crippen LogP contribution in [0.3, 0.4) is 0 Å². The van der Waals surface area contributed by atoms with Crippen molar-refractivity contribution in [2.75, 3.05) is 13.1 Å². The van der Waals surface area contributed by atoms with Gasteiger partial charge in [-0.3, -0.25) is 0 Å². The van der Waals surface area contributed by atoms with E-state index < -0.39 is 0 Å². The first kappa shape index (κ1) is 12.3. The summed E-state index contributed by atoms with van der Waals surface area (Å²) >= 11 is 0.0490. The second-order valence-corrected chi connectivity index (χ2v) is 5.16. The minimum atomic E-state index is 0.0490. The van der Waals surface area contributed by atoms with Gasteiger partial charge < -0.3 is 0 Å². The number of carbonyl (C=O) groups excluding carboxylic acids is 1. The molecule has 0 atom stereocenters. The molecular weight excluding hydrogens is 253 g/mol. The maximum absolute atomic E-state index is 11.7. The van der Waals surface area contributed by atoms with Gasteiger partial charge >= 0.3 is 97.6 Å². The van der Waals surface area contributed by atoms with Gasteiger partial charge in [-0.1, -0.05) is 0 Å². The number of hydrogen-bond donors (Lipinski definition) is 0. The third-order valence-electron chi connectivity index (χ3n) is 2.23. The van der Waals surface area contributed by atoms with Gasteiger partial charge in [0.1, 0.15) is 0 Å². The molecule has 0 unspecified atom stereocenters. The third kappa shape index (κ3) is 4.06. The molecule has 3 heteroatoms. The molecule has 0 fully saturated rings. The summed E-state index contributed by atoms with van der Waals surface area (Å²) in [7, 11) is 0. The Hall–Kier alpha value is -0.791. The molecular formula is C12H17NOSe. The summed E-state index contributed by atoms with van der Waals surface area (Å²) in [4.78, 5) is 14.0. The van der Waals surface area contributed by atoms with Crippen molar-refractivity contribution in [1.29, 1.82) is 0 Å². The predicted octanol–water partition coefficient (Wildman–Crippen LogP) is 2.35. The summed E-state index contributed by atoms with van der Waals surface area (Å²) < 4.78 is 0. The zero-order valence-electron chi connectivity index (χ0n) is 9.27. The number of carbonyl (C=O) groups is 1. The Morgan fingerprint density at radius 1 is 1.20 bits per heavy atom. The number of rotatable bonds is 5. The molecule has 0 aliphatic rings. The molecule has 15 heavy (non-hydrogen) atoms. The van der Waals surface area contributed by atoms with Crippen molar-refractivity contribution in [2.45, 2.75) is 19.2 Å². The second-order valence-electron chi connectivity index (χ2n) is 3.21. The van der Waals surface area contributed by atoms with E-state index in [9.17, 15) is 4.79 Å². The van der Waals surface area contributed by atoms with E-state index in [0.717, 1.165) is 18.4 Å². The average molecular weight is 270 g/mol. The van der Waals surface area contributed by atoms with Crippen molar-refractivity contribution < 1.29 is 4.79 Å². The summed E-state index contributed by atoms with van der Waals surface area (Å²) in [5.41, 5.74) is 1.26. The van der Waals surface area contributed by atoms with Crippen LogP contribution in [0.2, 0.25) is 0 Å². The summed E-state index contributed by atoms with van der Waals surface area (Å²) in [5.74, 6) is 0. The maximum atomic E-state index is 11.7. The van der Waals surface area contributed by atoms with E-state index in [2.05, 4.69) is 12.1 Å². The van der Waals surface area contributed by atoms with Crippen LogP contribution in [0.4, 0.5) is 4.79 Å². The van der Waals surface area contributed by atoms with Gasteiger partial charge in [-0.05, 0) is 0 Å². The van der Waals surface area contributed by atoms with E-state index in [1.807, 2.05) is 36.9 Å². The molecule has 0 heterocycles. The quantitative estimate of drug-likeness (QED) is 0.752. The van der Waals surface area contributed by atoms with Crippen LogP contribution in [0.1, 0.15) is 19.4 Å². The Labute approximate surface area is 97.8 Å². The molecule has 1 aromatic rings. The van der Waals surface area contributed by atoms with Gasteiger partial charge in [-0.2, -0.15) is 0 Å². The van der Waals surface area contributed by atoms with E-state index in [4.69, 9.17) is 0 Å². The fourth-order valence-corrected chi connectivity index (χ4v) is 3.23. The molecule has 0 aliphatic carbocycles. The normalized spacial score (nSPS) is 10.0. The van der Waals surface area contributed by atoms with Crippen molar-refractivity contribution in [1.82, 2.24) is 4.90 Å². The Bertz CT molecular complexity index is 296. The van der Waals surface area contributed by atoms with Crippen molar-refractivity contribution in [3.63, 3.8) is 0 Å². The van der Waals surface area contributed by atoms with Gasteiger partial charge in [0.2, 0.25) is 0 Å². The van der Waals surface area contributed by atoms with Gasteiger partial charge in [0.25, 0.3) is 0 Å². The SMILES string of the molecule is CCN(CC)C(=O)[Se]Cc1ccccc1. The number of amides is 1. The van der Waals surface area contributed by atoms with Gasteiger partial charge in [-0.15, -0.1) is 0 Å². The van der Waals surface area contributed by atoms with E-state index >= 15 is 0 Å². The Morgan fingerprint density at radius 3 is 2.33 bits per heavy atom. The standard InChI is InChI=1S/C12H17NOSe/c1-3-13(4-2)12(14)15-10-11-8-6-5-7-9-11/h5-9H,3-4,10H2,1-2H3. The molecule has 0 saturated heterocycles. The van der Waals surface area contributed by atoms with E-state index in [1.165, 1.54) is 5.56 Å². The second kappa shape index (κ2) is 6.65. The fourth-order valence-electron chi connectivity index (χ4n) is 1.29. The predicted molar refractivity (Wildman–Crippen MR) is 64.2 cm³/mol. The Kier molecular flexibility index (Phi) is 5.44. The van der Waals surface area contributed by atoms with Crippen LogP contribution >= 0.6 is 0 Å². The van der Waals surface area contributed by atoms with Crippen LogP contribution in [-0.2, 0) is 5.32 Å². The first-order valence-electron chi connectivity index (χ1n) is 5.23. The Morgan fingerprint density at radius 2 is 1.80 bits per heavy atom. The summed E-state index contributed by atoms with van der Waals surface area (Å²) in [5, 5.41) is 0.906. The van der Waals surface area contributed by atoms with Crippen LogP contribution in [0.25, 0.3) is 0 Å². The molecule has 1 rings (SSSR count). The van der Waals surface area contributed by atoms with Crippen molar-refractivity contribution in [3.05, 3.63) is 35.9 Å². The summed E-state index contributed by atoms with van der Waals surface area (Å²) in [6, 6.07) is 10.2. The zero-order chi connectivity index (χ0) is 11.1. The van der Waals surface area contributed by atoms with Gasteiger partial charge in [0.15, 0.2) is 0 Å². The van der Waals surface area contributed by atoms with Crippen molar-refractivity contribution >= 4 is 19.8 Å². The number of nitrogens with zero attached hydrogens (tertiary/aromatic N) is 1. The summed E-state index contributed by atoms with van der Waals surface area (Å²) in [6.45, 7) is 5.71. The molecule has 1 amide bonds. The number of benzene rings is 1. The fraction of sp³-hybridized carbons (Fsp3) is 0.417. The molecule has 1 aromatic carbocycles. The van der Waals surface area contributed by atoms with E-state index in [0.29, 0.717) is 4.81 Å². The van der Waals surface area contributed by atoms with Crippen LogP contribution in [-0.4, -0.2) is 37.8 Å². The average Bonchev–Trinajstić information content (AvgIpc) is 2.29. The topological polar surface area (TPSA) is 20.3 Å². The van der Waals surface area contributed by atoms with Gasteiger partial charge in [0, 0.05) is 0 Å². The van der Waals surface area contributed by atoms with Gasteiger partial charge in [0.05, 0.1) is 0 Å². The molecule has 0 bridgehead atoms. The first-order valence-corrected chi connectivity index (χ1v) is 7.30. The third-order valence-corrected chi connectivity index (χ3v) is 4.29. The molecule has 82 valence electrons.